The van der Waals surface area contributed by atoms with Crippen LogP contribution in [0.15, 0.2) is 64.9 Å². The lowest BCUT2D eigenvalue weighted by Gasteiger charge is -2.14. The average molecular weight is 499 g/mol. The first-order chi connectivity index (χ1) is 16.7. The SMILES string of the molecule is O=C(O)CN1C(=Cc2oc3ccc4ccccc4c3[n+]2CCCS(=O)(=O)O)Oc2ccc(F)cc21. The van der Waals surface area contributed by atoms with Crippen LogP contribution in [0.1, 0.15) is 12.3 Å². The first kappa shape index (κ1) is 22.8. The molecular formula is C24H20FN2O7S+. The molecule has 180 valence electrons. The Morgan fingerprint density at radius 3 is 2.71 bits per heavy atom. The van der Waals surface area contributed by atoms with E-state index in [0.717, 1.165) is 10.8 Å². The molecule has 0 spiro atoms. The Morgan fingerprint density at radius 1 is 1.14 bits per heavy atom. The standard InChI is InChI=1S/C24H19FN2O7S/c25-16-7-9-19-18(12-16)27(14-23(28)29)22(33-19)13-21-26(10-3-11-35(30,31)32)24-17-5-2-1-4-15(17)6-8-20(24)34-21/h1-2,4-9,12-13H,3,10-11,14H2,(H-,28,29,30,31,32)/p+1. The molecule has 2 N–H and O–H groups in total. The molecule has 1 aliphatic rings. The van der Waals surface area contributed by atoms with E-state index in [2.05, 4.69) is 0 Å². The van der Waals surface area contributed by atoms with Crippen molar-refractivity contribution in [2.75, 3.05) is 17.2 Å². The van der Waals surface area contributed by atoms with Crippen molar-refractivity contribution in [2.24, 2.45) is 0 Å². The summed E-state index contributed by atoms with van der Waals surface area (Å²) in [5.74, 6) is -1.46. The maximum atomic E-state index is 13.9. The fraction of sp³-hybridized carbons (Fsp3) is 0.167. The molecule has 1 aromatic heterocycles. The molecule has 0 fully saturated rings. The van der Waals surface area contributed by atoms with Crippen molar-refractivity contribution in [2.45, 2.75) is 13.0 Å². The summed E-state index contributed by atoms with van der Waals surface area (Å²) in [6.07, 6.45) is 1.59. The summed E-state index contributed by atoms with van der Waals surface area (Å²) in [5, 5.41) is 11.2. The van der Waals surface area contributed by atoms with E-state index in [-0.39, 0.29) is 30.4 Å². The van der Waals surface area contributed by atoms with Gasteiger partial charge in [-0.05, 0) is 29.7 Å². The van der Waals surface area contributed by atoms with E-state index in [4.69, 9.17) is 9.15 Å². The average Bonchev–Trinajstić information content (AvgIpc) is 3.31. The van der Waals surface area contributed by atoms with Crippen molar-refractivity contribution >= 4 is 49.7 Å². The summed E-state index contributed by atoms with van der Waals surface area (Å²) in [5.41, 5.74) is 1.49. The van der Waals surface area contributed by atoms with Crippen molar-refractivity contribution in [1.82, 2.24) is 0 Å². The van der Waals surface area contributed by atoms with Crippen LogP contribution in [0, 0.1) is 5.82 Å². The van der Waals surface area contributed by atoms with Crippen LogP contribution in [0.4, 0.5) is 10.1 Å². The molecule has 2 heterocycles. The zero-order chi connectivity index (χ0) is 24.7. The van der Waals surface area contributed by atoms with Crippen LogP contribution >= 0.6 is 0 Å². The molecule has 0 saturated heterocycles. The van der Waals surface area contributed by atoms with Gasteiger partial charge in [0.1, 0.15) is 18.4 Å². The molecule has 0 aliphatic carbocycles. The highest BCUT2D eigenvalue weighted by atomic mass is 32.2. The van der Waals surface area contributed by atoms with E-state index in [9.17, 15) is 27.3 Å². The van der Waals surface area contributed by atoms with E-state index in [1.165, 1.54) is 29.2 Å². The van der Waals surface area contributed by atoms with Crippen LogP contribution in [0.3, 0.4) is 0 Å². The van der Waals surface area contributed by atoms with Gasteiger partial charge in [-0.25, -0.2) is 4.39 Å². The number of carboxylic acids is 1. The number of ether oxygens (including phenoxy) is 1. The normalized spacial score (nSPS) is 14.6. The summed E-state index contributed by atoms with van der Waals surface area (Å²) in [6, 6.07) is 15.1. The molecule has 0 atom stereocenters. The van der Waals surface area contributed by atoms with Crippen LogP contribution in [-0.4, -0.2) is 36.3 Å². The van der Waals surface area contributed by atoms with Crippen molar-refractivity contribution in [1.29, 1.82) is 0 Å². The Kier molecular flexibility index (Phi) is 5.65. The summed E-state index contributed by atoms with van der Waals surface area (Å²) >= 11 is 0. The molecule has 0 unspecified atom stereocenters. The van der Waals surface area contributed by atoms with E-state index in [0.29, 0.717) is 16.8 Å². The number of aryl methyl sites for hydroxylation is 1. The number of aromatic nitrogens is 1. The van der Waals surface area contributed by atoms with Crippen molar-refractivity contribution < 1.29 is 41.0 Å². The minimum atomic E-state index is -4.16. The van der Waals surface area contributed by atoms with Crippen LogP contribution in [-0.2, 0) is 21.5 Å². The van der Waals surface area contributed by atoms with Gasteiger partial charge in [-0.15, -0.1) is 0 Å². The molecule has 35 heavy (non-hydrogen) atoms. The Bertz CT molecular complexity index is 1610. The van der Waals surface area contributed by atoms with Crippen LogP contribution in [0.2, 0.25) is 0 Å². The highest BCUT2D eigenvalue weighted by Crippen LogP contribution is 2.40. The number of fused-ring (bicyclic) bond motifs is 4. The lowest BCUT2D eigenvalue weighted by atomic mass is 10.1. The number of oxazole rings is 1. The van der Waals surface area contributed by atoms with Crippen molar-refractivity contribution in [3.05, 3.63) is 72.2 Å². The molecule has 1 aliphatic heterocycles. The number of aliphatic carboxylic acids is 1. The lowest BCUT2D eigenvalue weighted by molar-refractivity contribution is -0.677. The summed E-state index contributed by atoms with van der Waals surface area (Å²) in [6.45, 7) is -0.297. The number of halogens is 1. The summed E-state index contributed by atoms with van der Waals surface area (Å²) < 4.78 is 59.3. The third-order valence-corrected chi connectivity index (χ3v) is 6.44. The van der Waals surface area contributed by atoms with E-state index in [1.54, 1.807) is 10.6 Å². The second kappa shape index (κ2) is 8.67. The number of carbonyl (C=O) groups is 1. The van der Waals surface area contributed by atoms with Gasteiger partial charge in [0, 0.05) is 12.5 Å². The van der Waals surface area contributed by atoms with Gasteiger partial charge < -0.3 is 14.3 Å². The third-order valence-electron chi connectivity index (χ3n) is 5.63. The quantitative estimate of drug-likeness (QED) is 0.292. The molecule has 0 saturated carbocycles. The van der Waals surface area contributed by atoms with Gasteiger partial charge in [-0.3, -0.25) is 14.2 Å². The first-order valence-electron chi connectivity index (χ1n) is 10.7. The van der Waals surface area contributed by atoms with Gasteiger partial charge in [0.25, 0.3) is 15.6 Å². The summed E-state index contributed by atoms with van der Waals surface area (Å²) in [7, 11) is -4.16. The second-order valence-corrected chi connectivity index (χ2v) is 9.61. The summed E-state index contributed by atoms with van der Waals surface area (Å²) in [4.78, 5) is 12.8. The maximum Gasteiger partial charge on any atom is 0.379 e. The van der Waals surface area contributed by atoms with Crippen LogP contribution < -0.4 is 14.2 Å². The van der Waals surface area contributed by atoms with Gasteiger partial charge in [-0.2, -0.15) is 13.0 Å². The van der Waals surface area contributed by atoms with Crippen LogP contribution in [0.25, 0.3) is 27.9 Å². The Balaban J connectivity index is 1.65. The van der Waals surface area contributed by atoms with Crippen molar-refractivity contribution in [3.8, 4) is 5.75 Å². The smallest absolute Gasteiger partial charge is 0.379 e. The zero-order valence-corrected chi connectivity index (χ0v) is 19.0. The molecule has 0 bridgehead atoms. The minimum Gasteiger partial charge on any atom is -0.480 e. The zero-order valence-electron chi connectivity index (χ0n) is 18.2. The largest absolute Gasteiger partial charge is 0.480 e. The highest BCUT2D eigenvalue weighted by molar-refractivity contribution is 7.85. The minimum absolute atomic E-state index is 0.0999. The molecule has 4 aromatic rings. The third kappa shape index (κ3) is 4.55. The monoisotopic (exact) mass is 499 g/mol. The molecule has 11 heteroatoms. The molecule has 5 rings (SSSR count). The van der Waals surface area contributed by atoms with E-state index < -0.39 is 34.2 Å². The number of hydrogen-bond acceptors (Lipinski definition) is 6. The number of nitrogens with zero attached hydrogens (tertiary/aromatic N) is 2. The molecule has 0 amide bonds. The number of benzene rings is 3. The van der Waals surface area contributed by atoms with Crippen LogP contribution in [0.5, 0.6) is 5.75 Å². The van der Waals surface area contributed by atoms with E-state index >= 15 is 0 Å². The Hall–Kier alpha value is -3.96. The Labute approximate surface area is 199 Å². The van der Waals surface area contributed by atoms with Gasteiger partial charge in [-0.1, -0.05) is 24.3 Å². The number of rotatable bonds is 7. The predicted octanol–water partition coefficient (Wildman–Crippen LogP) is 3.57. The van der Waals surface area contributed by atoms with Gasteiger partial charge >= 0.3 is 11.9 Å². The fourth-order valence-corrected chi connectivity index (χ4v) is 4.69. The molecule has 9 nitrogen and oxygen atoms in total. The number of hydrogen-bond donors (Lipinski definition) is 2. The van der Waals surface area contributed by atoms with E-state index in [1.807, 2.05) is 30.3 Å². The number of anilines is 1. The topological polar surface area (TPSA) is 121 Å². The van der Waals surface area contributed by atoms with Gasteiger partial charge in [0.15, 0.2) is 12.3 Å². The molecule has 0 radical (unpaired) electrons. The van der Waals surface area contributed by atoms with Gasteiger partial charge in [0.2, 0.25) is 11.5 Å². The fourth-order valence-electron chi connectivity index (χ4n) is 4.19. The highest BCUT2D eigenvalue weighted by Gasteiger charge is 2.32. The molecular weight excluding hydrogens is 479 g/mol. The molecule has 3 aromatic carbocycles. The number of carboxylic acid groups (broad SMARTS) is 1. The van der Waals surface area contributed by atoms with Gasteiger partial charge in [0.05, 0.1) is 16.8 Å². The second-order valence-electron chi connectivity index (χ2n) is 8.04. The van der Waals surface area contributed by atoms with Crippen molar-refractivity contribution in [3.63, 3.8) is 0 Å². The Morgan fingerprint density at radius 2 is 1.94 bits per heavy atom. The lowest BCUT2D eigenvalue weighted by Crippen LogP contribution is -2.37. The first-order valence-corrected chi connectivity index (χ1v) is 12.3. The predicted molar refractivity (Wildman–Crippen MR) is 125 cm³/mol. The maximum absolute atomic E-state index is 13.9.